The van der Waals surface area contributed by atoms with Gasteiger partial charge >= 0.3 is 0 Å². The molecule has 1 N–H and O–H groups in total. The van der Waals surface area contributed by atoms with E-state index in [2.05, 4.69) is 15.6 Å². The average Bonchev–Trinajstić information content (AvgIpc) is 2.69. The van der Waals surface area contributed by atoms with Crippen LogP contribution >= 0.6 is 0 Å². The Morgan fingerprint density at radius 3 is 2.81 bits per heavy atom. The second kappa shape index (κ2) is 4.22. The molecule has 1 aromatic heterocycles. The van der Waals surface area contributed by atoms with Crippen molar-refractivity contribution < 1.29 is 0 Å². The van der Waals surface area contributed by atoms with Crippen molar-refractivity contribution in [2.24, 2.45) is 0 Å². The average molecular weight is 217 g/mol. The maximum atomic E-state index is 4.13. The molecular formula is C11H15N5. The molecule has 0 aliphatic carbocycles. The standard InChI is InChI=1S/C11H15N5/c1-12-11(8-15(2)3)16-10-7-5-4-6-9(10)13-14-16/h4-8,12H,1-3H3. The fourth-order valence-electron chi connectivity index (χ4n) is 1.52. The molecule has 5 nitrogen and oxygen atoms in total. The molecule has 0 amide bonds. The number of para-hydroxylation sites is 1. The van der Waals surface area contributed by atoms with Crippen molar-refractivity contribution in [3.05, 3.63) is 30.5 Å². The molecule has 0 saturated carbocycles. The Morgan fingerprint density at radius 1 is 1.38 bits per heavy atom. The SMILES string of the molecule is CNC(=CN(C)C)n1nnc2ccccc21. The first-order valence-corrected chi connectivity index (χ1v) is 5.09. The summed E-state index contributed by atoms with van der Waals surface area (Å²) in [7, 11) is 5.80. The number of hydrogen-bond donors (Lipinski definition) is 1. The molecule has 0 atom stereocenters. The van der Waals surface area contributed by atoms with Crippen LogP contribution in [0.3, 0.4) is 0 Å². The van der Waals surface area contributed by atoms with E-state index >= 15 is 0 Å². The van der Waals surface area contributed by atoms with Gasteiger partial charge < -0.3 is 10.2 Å². The van der Waals surface area contributed by atoms with E-state index in [-0.39, 0.29) is 0 Å². The van der Waals surface area contributed by atoms with Gasteiger partial charge in [-0.2, -0.15) is 4.68 Å². The number of hydrogen-bond acceptors (Lipinski definition) is 4. The lowest BCUT2D eigenvalue weighted by Gasteiger charge is -2.11. The van der Waals surface area contributed by atoms with E-state index in [1.54, 1.807) is 4.68 Å². The van der Waals surface area contributed by atoms with E-state index < -0.39 is 0 Å². The van der Waals surface area contributed by atoms with Gasteiger partial charge in [-0.25, -0.2) is 0 Å². The van der Waals surface area contributed by atoms with Crippen LogP contribution in [0.5, 0.6) is 0 Å². The van der Waals surface area contributed by atoms with Crippen LogP contribution in [0.2, 0.25) is 0 Å². The Bertz CT molecular complexity index is 512. The highest BCUT2D eigenvalue weighted by atomic mass is 15.5. The molecule has 0 fully saturated rings. The fourth-order valence-corrected chi connectivity index (χ4v) is 1.52. The largest absolute Gasteiger partial charge is 0.381 e. The van der Waals surface area contributed by atoms with Crippen molar-refractivity contribution in [1.29, 1.82) is 0 Å². The first kappa shape index (κ1) is 10.5. The maximum Gasteiger partial charge on any atom is 0.145 e. The summed E-state index contributed by atoms with van der Waals surface area (Å²) in [5, 5.41) is 11.3. The fraction of sp³-hybridized carbons (Fsp3) is 0.273. The van der Waals surface area contributed by atoms with Crippen LogP contribution in [0.1, 0.15) is 0 Å². The van der Waals surface area contributed by atoms with Crippen LogP contribution in [0.4, 0.5) is 0 Å². The lowest BCUT2D eigenvalue weighted by molar-refractivity contribution is 0.556. The van der Waals surface area contributed by atoms with Gasteiger partial charge in [-0.05, 0) is 12.1 Å². The molecule has 1 aromatic carbocycles. The number of nitrogens with zero attached hydrogens (tertiary/aromatic N) is 4. The van der Waals surface area contributed by atoms with E-state index in [4.69, 9.17) is 0 Å². The summed E-state index contributed by atoms with van der Waals surface area (Å²) in [6, 6.07) is 7.87. The Kier molecular flexibility index (Phi) is 2.76. The van der Waals surface area contributed by atoms with E-state index in [0.29, 0.717) is 0 Å². The highest BCUT2D eigenvalue weighted by Gasteiger charge is 2.06. The summed E-state index contributed by atoms with van der Waals surface area (Å²) in [5.74, 6) is 0.888. The van der Waals surface area contributed by atoms with Crippen molar-refractivity contribution in [1.82, 2.24) is 25.2 Å². The first-order chi connectivity index (χ1) is 7.72. The zero-order valence-electron chi connectivity index (χ0n) is 9.68. The molecule has 1 heterocycles. The Labute approximate surface area is 94.4 Å². The summed E-state index contributed by atoms with van der Waals surface area (Å²) in [5.41, 5.74) is 1.88. The van der Waals surface area contributed by atoms with Crippen LogP contribution in [-0.4, -0.2) is 41.0 Å². The molecule has 2 aromatic rings. The highest BCUT2D eigenvalue weighted by molar-refractivity contribution is 5.77. The third-order valence-corrected chi connectivity index (χ3v) is 2.22. The second-order valence-corrected chi connectivity index (χ2v) is 3.72. The monoisotopic (exact) mass is 217 g/mol. The maximum absolute atomic E-state index is 4.13. The molecule has 0 aliphatic rings. The molecule has 0 saturated heterocycles. The summed E-state index contributed by atoms with van der Waals surface area (Å²) >= 11 is 0. The minimum atomic E-state index is 0.888. The zero-order valence-corrected chi connectivity index (χ0v) is 9.68. The molecule has 2 rings (SSSR count). The number of aromatic nitrogens is 3. The predicted molar refractivity (Wildman–Crippen MR) is 64.5 cm³/mol. The van der Waals surface area contributed by atoms with E-state index in [0.717, 1.165) is 16.9 Å². The summed E-state index contributed by atoms with van der Waals surface area (Å²) in [4.78, 5) is 1.96. The van der Waals surface area contributed by atoms with Gasteiger partial charge in [0.15, 0.2) is 0 Å². The Morgan fingerprint density at radius 2 is 2.12 bits per heavy atom. The number of nitrogens with one attached hydrogen (secondary N) is 1. The number of rotatable bonds is 3. The van der Waals surface area contributed by atoms with Crippen LogP contribution in [0, 0.1) is 0 Å². The Hall–Kier alpha value is -2.04. The zero-order chi connectivity index (χ0) is 11.5. The lowest BCUT2D eigenvalue weighted by atomic mass is 10.3. The molecule has 0 unspecified atom stereocenters. The third-order valence-electron chi connectivity index (χ3n) is 2.22. The topological polar surface area (TPSA) is 46.0 Å². The van der Waals surface area contributed by atoms with Gasteiger partial charge in [0.1, 0.15) is 11.3 Å². The molecule has 0 spiro atoms. The van der Waals surface area contributed by atoms with Crippen molar-refractivity contribution in [3.8, 4) is 0 Å². The van der Waals surface area contributed by atoms with Crippen LogP contribution in [0.25, 0.3) is 16.9 Å². The highest BCUT2D eigenvalue weighted by Crippen LogP contribution is 2.12. The smallest absolute Gasteiger partial charge is 0.145 e. The minimum Gasteiger partial charge on any atom is -0.381 e. The van der Waals surface area contributed by atoms with Crippen molar-refractivity contribution in [2.75, 3.05) is 21.1 Å². The molecule has 0 bridgehead atoms. The normalized spacial score (nSPS) is 11.8. The van der Waals surface area contributed by atoms with Crippen LogP contribution < -0.4 is 5.32 Å². The second-order valence-electron chi connectivity index (χ2n) is 3.72. The summed E-state index contributed by atoms with van der Waals surface area (Å²) in [6.07, 6.45) is 1.96. The number of fused-ring (bicyclic) bond motifs is 1. The van der Waals surface area contributed by atoms with Crippen molar-refractivity contribution in [2.45, 2.75) is 0 Å². The van der Waals surface area contributed by atoms with Gasteiger partial charge in [0, 0.05) is 27.3 Å². The molecular weight excluding hydrogens is 202 g/mol. The Balaban J connectivity index is 2.54. The van der Waals surface area contributed by atoms with E-state index in [9.17, 15) is 0 Å². The lowest BCUT2D eigenvalue weighted by Crippen LogP contribution is -2.17. The van der Waals surface area contributed by atoms with Gasteiger partial charge in [0.25, 0.3) is 0 Å². The third kappa shape index (κ3) is 1.84. The van der Waals surface area contributed by atoms with Crippen molar-refractivity contribution in [3.63, 3.8) is 0 Å². The van der Waals surface area contributed by atoms with Crippen LogP contribution in [-0.2, 0) is 0 Å². The molecule has 84 valence electrons. The first-order valence-electron chi connectivity index (χ1n) is 5.09. The summed E-state index contributed by atoms with van der Waals surface area (Å²) in [6.45, 7) is 0. The van der Waals surface area contributed by atoms with Gasteiger partial charge in [-0.3, -0.25) is 0 Å². The number of benzene rings is 1. The van der Waals surface area contributed by atoms with Crippen LogP contribution in [0.15, 0.2) is 30.5 Å². The van der Waals surface area contributed by atoms with E-state index in [1.807, 2.05) is 56.5 Å². The van der Waals surface area contributed by atoms with Gasteiger partial charge in [0.2, 0.25) is 0 Å². The van der Waals surface area contributed by atoms with E-state index in [1.165, 1.54) is 0 Å². The predicted octanol–water partition coefficient (Wildman–Crippen LogP) is 0.968. The van der Waals surface area contributed by atoms with Gasteiger partial charge in [-0.15, -0.1) is 5.10 Å². The summed E-state index contributed by atoms with van der Waals surface area (Å²) < 4.78 is 1.79. The molecule has 5 heteroatoms. The van der Waals surface area contributed by atoms with Gasteiger partial charge in [-0.1, -0.05) is 17.3 Å². The van der Waals surface area contributed by atoms with Crippen molar-refractivity contribution >= 4 is 16.9 Å². The minimum absolute atomic E-state index is 0.888. The quantitative estimate of drug-likeness (QED) is 0.832. The molecule has 16 heavy (non-hydrogen) atoms. The molecule has 0 radical (unpaired) electrons. The molecule has 0 aliphatic heterocycles. The van der Waals surface area contributed by atoms with Gasteiger partial charge in [0.05, 0.1) is 5.52 Å².